The number of aromatic amines is 1. The molecule has 0 fully saturated rings. The molecule has 0 aliphatic carbocycles. The maximum atomic E-state index is 5.94. The summed E-state index contributed by atoms with van der Waals surface area (Å²) in [6.45, 7) is 0. The van der Waals surface area contributed by atoms with E-state index in [2.05, 4.69) is 45.6 Å². The zero-order chi connectivity index (χ0) is 15.6. The van der Waals surface area contributed by atoms with E-state index in [0.29, 0.717) is 5.88 Å². The van der Waals surface area contributed by atoms with Crippen LogP contribution >= 0.6 is 11.6 Å². The van der Waals surface area contributed by atoms with Crippen LogP contribution in [0.4, 0.5) is 0 Å². The van der Waals surface area contributed by atoms with Crippen molar-refractivity contribution in [3.63, 3.8) is 0 Å². The molecule has 0 amide bonds. The molecule has 0 aliphatic rings. The Bertz CT molecular complexity index is 907. The third kappa shape index (κ3) is 2.59. The Labute approximate surface area is 139 Å². The molecule has 2 aromatic heterocycles. The average molecular weight is 325 g/mol. The van der Waals surface area contributed by atoms with Crippen molar-refractivity contribution in [2.24, 2.45) is 0 Å². The molecular formula is C18H17ClN4. The van der Waals surface area contributed by atoms with Gasteiger partial charge in [-0.3, -0.25) is 0 Å². The smallest absolute Gasteiger partial charge is 0.113 e. The molecule has 0 spiro atoms. The second-order valence-electron chi connectivity index (χ2n) is 5.68. The standard InChI is InChI=1S/C18H17ClN4/c19-11-5-10-18(16-12-13-6-1-2-7-14(13)20-16)23-17-9-4-3-8-15(17)21-22-23/h1-4,6-9,12,18,20H,5,10-11H2. The number of halogens is 1. The van der Waals surface area contributed by atoms with Crippen LogP contribution in [0.15, 0.2) is 54.6 Å². The Kier molecular flexibility index (Phi) is 3.75. The number of nitrogens with zero attached hydrogens (tertiary/aromatic N) is 3. The first-order valence-electron chi connectivity index (χ1n) is 7.80. The molecule has 1 atom stereocenters. The van der Waals surface area contributed by atoms with E-state index in [0.717, 1.165) is 35.1 Å². The maximum Gasteiger partial charge on any atom is 0.113 e. The highest BCUT2D eigenvalue weighted by atomic mass is 35.5. The molecule has 23 heavy (non-hydrogen) atoms. The first-order chi connectivity index (χ1) is 11.4. The van der Waals surface area contributed by atoms with Crippen molar-refractivity contribution >= 4 is 33.5 Å². The van der Waals surface area contributed by atoms with Crippen LogP contribution < -0.4 is 0 Å². The van der Waals surface area contributed by atoms with Crippen molar-refractivity contribution in [1.82, 2.24) is 20.0 Å². The Morgan fingerprint density at radius 3 is 2.78 bits per heavy atom. The minimum absolute atomic E-state index is 0.105. The summed E-state index contributed by atoms with van der Waals surface area (Å²) >= 11 is 5.94. The van der Waals surface area contributed by atoms with E-state index in [4.69, 9.17) is 11.6 Å². The van der Waals surface area contributed by atoms with Gasteiger partial charge in [0.25, 0.3) is 0 Å². The third-order valence-electron chi connectivity index (χ3n) is 4.19. The number of hydrogen-bond donors (Lipinski definition) is 1. The van der Waals surface area contributed by atoms with Crippen LogP contribution in [0, 0.1) is 0 Å². The lowest BCUT2D eigenvalue weighted by Gasteiger charge is -2.16. The molecule has 0 saturated heterocycles. The van der Waals surface area contributed by atoms with Gasteiger partial charge in [0.05, 0.1) is 11.6 Å². The van der Waals surface area contributed by atoms with Crippen molar-refractivity contribution in [2.45, 2.75) is 18.9 Å². The monoisotopic (exact) mass is 324 g/mol. The van der Waals surface area contributed by atoms with E-state index in [1.54, 1.807) is 0 Å². The van der Waals surface area contributed by atoms with Gasteiger partial charge in [0.15, 0.2) is 0 Å². The Hall–Kier alpha value is -2.33. The summed E-state index contributed by atoms with van der Waals surface area (Å²) in [5, 5.41) is 9.90. The molecule has 0 aliphatic heterocycles. The second kappa shape index (κ2) is 6.05. The largest absolute Gasteiger partial charge is 0.357 e. The van der Waals surface area contributed by atoms with Crippen LogP contribution in [0.5, 0.6) is 0 Å². The minimum atomic E-state index is 0.105. The van der Waals surface area contributed by atoms with Gasteiger partial charge in [0.1, 0.15) is 5.52 Å². The molecule has 0 bridgehead atoms. The van der Waals surface area contributed by atoms with Gasteiger partial charge >= 0.3 is 0 Å². The highest BCUT2D eigenvalue weighted by Crippen LogP contribution is 2.28. The van der Waals surface area contributed by atoms with Crippen LogP contribution in [0.25, 0.3) is 21.9 Å². The van der Waals surface area contributed by atoms with Gasteiger partial charge in [0, 0.05) is 17.1 Å². The highest BCUT2D eigenvalue weighted by Gasteiger charge is 2.19. The lowest BCUT2D eigenvalue weighted by Crippen LogP contribution is -2.13. The van der Waals surface area contributed by atoms with Gasteiger partial charge < -0.3 is 4.98 Å². The van der Waals surface area contributed by atoms with Crippen LogP contribution in [-0.4, -0.2) is 25.9 Å². The normalized spacial score (nSPS) is 12.9. The molecule has 4 rings (SSSR count). The van der Waals surface area contributed by atoms with Gasteiger partial charge in [-0.05, 0) is 42.5 Å². The number of hydrogen-bond acceptors (Lipinski definition) is 2. The van der Waals surface area contributed by atoms with Crippen molar-refractivity contribution in [1.29, 1.82) is 0 Å². The molecule has 4 aromatic rings. The fourth-order valence-electron chi connectivity index (χ4n) is 3.07. The summed E-state index contributed by atoms with van der Waals surface area (Å²) in [4.78, 5) is 3.53. The molecule has 0 radical (unpaired) electrons. The summed E-state index contributed by atoms with van der Waals surface area (Å²) < 4.78 is 2.01. The van der Waals surface area contributed by atoms with E-state index >= 15 is 0 Å². The zero-order valence-electron chi connectivity index (χ0n) is 12.6. The van der Waals surface area contributed by atoms with Crippen LogP contribution in [0.1, 0.15) is 24.6 Å². The average Bonchev–Trinajstić information content (AvgIpc) is 3.20. The molecule has 116 valence electrons. The van der Waals surface area contributed by atoms with Gasteiger partial charge in [-0.2, -0.15) is 0 Å². The van der Waals surface area contributed by atoms with Crippen LogP contribution in [-0.2, 0) is 0 Å². The van der Waals surface area contributed by atoms with E-state index in [9.17, 15) is 0 Å². The van der Waals surface area contributed by atoms with Crippen molar-refractivity contribution in [3.8, 4) is 0 Å². The van der Waals surface area contributed by atoms with Gasteiger partial charge in [-0.15, -0.1) is 16.7 Å². The number of H-pyrrole nitrogens is 1. The zero-order valence-corrected chi connectivity index (χ0v) is 13.4. The molecular weight excluding hydrogens is 308 g/mol. The number of alkyl halides is 1. The lowest BCUT2D eigenvalue weighted by atomic mass is 10.1. The Morgan fingerprint density at radius 2 is 1.91 bits per heavy atom. The predicted octanol–water partition coefficient (Wildman–Crippen LogP) is 4.52. The fraction of sp³-hybridized carbons (Fsp3) is 0.222. The van der Waals surface area contributed by atoms with Crippen molar-refractivity contribution in [2.75, 3.05) is 5.88 Å². The third-order valence-corrected chi connectivity index (χ3v) is 4.46. The summed E-state index contributed by atoms with van der Waals surface area (Å²) in [6.07, 6.45) is 1.85. The lowest BCUT2D eigenvalue weighted by molar-refractivity contribution is 0.477. The minimum Gasteiger partial charge on any atom is -0.357 e. The second-order valence-corrected chi connectivity index (χ2v) is 6.06. The number of nitrogens with one attached hydrogen (secondary N) is 1. The summed E-state index contributed by atoms with van der Waals surface area (Å²) in [5.74, 6) is 0.642. The summed E-state index contributed by atoms with van der Waals surface area (Å²) in [5.41, 5.74) is 4.25. The molecule has 2 aromatic carbocycles. The van der Waals surface area contributed by atoms with Gasteiger partial charge in [-0.1, -0.05) is 35.5 Å². The number of aromatic nitrogens is 4. The van der Waals surface area contributed by atoms with Gasteiger partial charge in [0.2, 0.25) is 0 Å². The van der Waals surface area contributed by atoms with Crippen LogP contribution in [0.3, 0.4) is 0 Å². The van der Waals surface area contributed by atoms with E-state index in [1.165, 1.54) is 5.39 Å². The number of benzene rings is 2. The van der Waals surface area contributed by atoms with Crippen LogP contribution in [0.2, 0.25) is 0 Å². The first-order valence-corrected chi connectivity index (χ1v) is 8.34. The Balaban J connectivity index is 1.83. The van der Waals surface area contributed by atoms with E-state index < -0.39 is 0 Å². The fourth-order valence-corrected chi connectivity index (χ4v) is 3.23. The topological polar surface area (TPSA) is 46.5 Å². The highest BCUT2D eigenvalue weighted by molar-refractivity contribution is 6.17. The van der Waals surface area contributed by atoms with E-state index in [1.807, 2.05) is 28.9 Å². The molecule has 5 heteroatoms. The van der Waals surface area contributed by atoms with Gasteiger partial charge in [-0.25, -0.2) is 4.68 Å². The number of rotatable bonds is 5. The van der Waals surface area contributed by atoms with Crippen molar-refractivity contribution in [3.05, 3.63) is 60.3 Å². The van der Waals surface area contributed by atoms with E-state index in [-0.39, 0.29) is 6.04 Å². The SMILES string of the molecule is ClCCCC(c1cc2ccccc2[nH]1)n1nnc2ccccc21. The molecule has 2 heterocycles. The molecule has 1 N–H and O–H groups in total. The summed E-state index contributed by atoms with van der Waals surface area (Å²) in [6, 6.07) is 18.7. The molecule has 4 nitrogen and oxygen atoms in total. The predicted molar refractivity (Wildman–Crippen MR) is 93.9 cm³/mol. The Morgan fingerprint density at radius 1 is 1.09 bits per heavy atom. The first kappa shape index (κ1) is 14.3. The number of para-hydroxylation sites is 2. The number of fused-ring (bicyclic) bond motifs is 2. The summed E-state index contributed by atoms with van der Waals surface area (Å²) in [7, 11) is 0. The maximum absolute atomic E-state index is 5.94. The molecule has 0 saturated carbocycles. The quantitative estimate of drug-likeness (QED) is 0.548. The van der Waals surface area contributed by atoms with Crippen molar-refractivity contribution < 1.29 is 0 Å². The molecule has 1 unspecified atom stereocenters.